The molecule has 0 amide bonds. The molecule has 32 heavy (non-hydrogen) atoms. The third kappa shape index (κ3) is 4.29. The maximum Gasteiger partial charge on any atom is 0.307 e. The molecule has 4 rings (SSSR count). The zero-order valence-electron chi connectivity index (χ0n) is 18.5. The zero-order chi connectivity index (χ0) is 22.9. The molecule has 1 aliphatic rings. The van der Waals surface area contributed by atoms with Crippen LogP contribution in [0.3, 0.4) is 0 Å². The lowest BCUT2D eigenvalue weighted by Gasteiger charge is -2.30. The molecule has 0 bridgehead atoms. The number of nitrogens with zero attached hydrogens (tertiary/aromatic N) is 3. The summed E-state index contributed by atoms with van der Waals surface area (Å²) in [5.41, 5.74) is 3.27. The highest BCUT2D eigenvalue weighted by Gasteiger charge is 2.29. The lowest BCUT2D eigenvalue weighted by molar-refractivity contribution is -0.136. The van der Waals surface area contributed by atoms with Crippen LogP contribution in [0.5, 0.6) is 0 Å². The van der Waals surface area contributed by atoms with Gasteiger partial charge in [0, 0.05) is 36.9 Å². The van der Waals surface area contributed by atoms with Crippen LogP contribution in [0.4, 0.5) is 0 Å². The number of carboxylic acids is 1. The van der Waals surface area contributed by atoms with E-state index in [0.29, 0.717) is 11.4 Å². The van der Waals surface area contributed by atoms with Crippen molar-refractivity contribution in [1.29, 1.82) is 0 Å². The number of sulfonamides is 1. The van der Waals surface area contributed by atoms with Gasteiger partial charge in [-0.3, -0.25) is 4.79 Å². The van der Waals surface area contributed by atoms with E-state index in [1.165, 1.54) is 10.7 Å². The smallest absolute Gasteiger partial charge is 0.307 e. The van der Waals surface area contributed by atoms with Gasteiger partial charge < -0.3 is 9.67 Å². The van der Waals surface area contributed by atoms with Gasteiger partial charge >= 0.3 is 5.97 Å². The molecule has 1 N–H and O–H groups in total. The second-order valence-electron chi connectivity index (χ2n) is 8.55. The van der Waals surface area contributed by atoms with Gasteiger partial charge in [0.15, 0.2) is 0 Å². The van der Waals surface area contributed by atoms with Crippen molar-refractivity contribution in [3.05, 3.63) is 59.4 Å². The van der Waals surface area contributed by atoms with Gasteiger partial charge in [0.2, 0.25) is 10.0 Å². The summed E-state index contributed by atoms with van der Waals surface area (Å²) in [6.07, 6.45) is 6.79. The van der Waals surface area contributed by atoms with Crippen LogP contribution < -0.4 is 0 Å². The highest BCUT2D eigenvalue weighted by atomic mass is 32.2. The van der Waals surface area contributed by atoms with Crippen molar-refractivity contribution in [3.63, 3.8) is 0 Å². The van der Waals surface area contributed by atoms with Crippen molar-refractivity contribution in [2.24, 2.45) is 0 Å². The first-order valence-electron chi connectivity index (χ1n) is 11.0. The number of aromatic nitrogens is 2. The zero-order valence-corrected chi connectivity index (χ0v) is 19.3. The van der Waals surface area contributed by atoms with Gasteiger partial charge in [-0.15, -0.1) is 0 Å². The Morgan fingerprint density at radius 3 is 2.50 bits per heavy atom. The largest absolute Gasteiger partial charge is 0.481 e. The van der Waals surface area contributed by atoms with Gasteiger partial charge in [-0.1, -0.05) is 31.4 Å². The monoisotopic (exact) mass is 455 g/mol. The molecule has 0 atom stereocenters. The molecule has 8 heteroatoms. The van der Waals surface area contributed by atoms with E-state index in [1.54, 1.807) is 31.4 Å². The standard InChI is InChI=1S/C24H29N3O4S/c1-17-22(15-23(28)29)21-9-6-14-25-24(21)27(17)16-18-10-12-20(13-11-18)32(30,31)26(2)19-7-4-3-5-8-19/h6,9-14,19H,3-5,7-8,15-16H2,1-2H3,(H,28,29). The van der Waals surface area contributed by atoms with Gasteiger partial charge in [-0.25, -0.2) is 13.4 Å². The van der Waals surface area contributed by atoms with Crippen LogP contribution in [0.25, 0.3) is 11.0 Å². The number of hydrogen-bond acceptors (Lipinski definition) is 4. The summed E-state index contributed by atoms with van der Waals surface area (Å²) in [6, 6.07) is 10.7. The Labute approximate surface area is 188 Å². The van der Waals surface area contributed by atoms with Crippen molar-refractivity contribution in [2.75, 3.05) is 7.05 Å². The molecule has 170 valence electrons. The van der Waals surface area contributed by atoms with Gasteiger partial charge in [0.1, 0.15) is 5.65 Å². The number of pyridine rings is 1. The number of fused-ring (bicyclic) bond motifs is 1. The van der Waals surface area contributed by atoms with E-state index in [1.807, 2.05) is 29.7 Å². The molecule has 0 spiro atoms. The van der Waals surface area contributed by atoms with Crippen LogP contribution in [0, 0.1) is 6.92 Å². The molecule has 0 aliphatic heterocycles. The Morgan fingerprint density at radius 2 is 1.84 bits per heavy atom. The van der Waals surface area contributed by atoms with Crippen molar-refractivity contribution < 1.29 is 18.3 Å². The first kappa shape index (κ1) is 22.5. The second kappa shape index (κ2) is 9.03. The van der Waals surface area contributed by atoms with Gasteiger partial charge in [-0.2, -0.15) is 4.31 Å². The summed E-state index contributed by atoms with van der Waals surface area (Å²) < 4.78 is 29.7. The second-order valence-corrected chi connectivity index (χ2v) is 10.5. The van der Waals surface area contributed by atoms with E-state index in [-0.39, 0.29) is 12.5 Å². The predicted octanol–water partition coefficient (Wildman–Crippen LogP) is 3.97. The van der Waals surface area contributed by atoms with E-state index < -0.39 is 16.0 Å². The number of rotatable bonds is 7. The first-order valence-corrected chi connectivity index (χ1v) is 12.4. The molecule has 1 aliphatic carbocycles. The predicted molar refractivity (Wildman–Crippen MR) is 123 cm³/mol. The maximum absolute atomic E-state index is 13.1. The summed E-state index contributed by atoms with van der Waals surface area (Å²) in [7, 11) is -1.85. The van der Waals surface area contributed by atoms with Crippen LogP contribution >= 0.6 is 0 Å². The number of hydrogen-bond donors (Lipinski definition) is 1. The molecule has 3 aromatic rings. The minimum atomic E-state index is -3.53. The number of benzene rings is 1. The Morgan fingerprint density at radius 1 is 1.16 bits per heavy atom. The minimum Gasteiger partial charge on any atom is -0.481 e. The topological polar surface area (TPSA) is 92.5 Å². The Balaban J connectivity index is 1.60. The summed E-state index contributed by atoms with van der Waals surface area (Å²) in [5.74, 6) is -0.882. The van der Waals surface area contributed by atoms with Gasteiger partial charge in [0.25, 0.3) is 0 Å². The Kier molecular flexibility index (Phi) is 6.35. The highest BCUT2D eigenvalue weighted by Crippen LogP contribution is 2.28. The molecule has 1 fully saturated rings. The summed E-state index contributed by atoms with van der Waals surface area (Å²) in [6.45, 7) is 2.38. The Bertz CT molecular complexity index is 1230. The third-order valence-corrected chi connectivity index (χ3v) is 8.49. The molecule has 2 aromatic heterocycles. The fraction of sp³-hybridized carbons (Fsp3) is 0.417. The number of carboxylic acid groups (broad SMARTS) is 1. The molecule has 7 nitrogen and oxygen atoms in total. The summed E-state index contributed by atoms with van der Waals surface area (Å²) in [4.78, 5) is 16.1. The quantitative estimate of drug-likeness (QED) is 0.582. The summed E-state index contributed by atoms with van der Waals surface area (Å²) in [5, 5.41) is 10.1. The first-order chi connectivity index (χ1) is 15.3. The molecule has 0 radical (unpaired) electrons. The fourth-order valence-corrected chi connectivity index (χ4v) is 6.10. The molecule has 1 aromatic carbocycles. The van der Waals surface area contributed by atoms with Crippen molar-refractivity contribution >= 4 is 27.0 Å². The molecule has 0 saturated heterocycles. The van der Waals surface area contributed by atoms with E-state index in [2.05, 4.69) is 4.98 Å². The van der Waals surface area contributed by atoms with Crippen LogP contribution in [-0.2, 0) is 27.8 Å². The van der Waals surface area contributed by atoms with Crippen molar-refractivity contribution in [3.8, 4) is 0 Å². The lowest BCUT2D eigenvalue weighted by Crippen LogP contribution is -2.38. The van der Waals surface area contributed by atoms with Crippen molar-refractivity contribution in [1.82, 2.24) is 13.9 Å². The molecular formula is C24H29N3O4S. The van der Waals surface area contributed by atoms with Crippen molar-refractivity contribution in [2.45, 2.75) is 62.9 Å². The van der Waals surface area contributed by atoms with Crippen LogP contribution in [0.2, 0.25) is 0 Å². The van der Waals surface area contributed by atoms with Gasteiger partial charge in [0.05, 0.1) is 11.3 Å². The number of carbonyl (C=O) groups is 1. The molecule has 0 unspecified atom stereocenters. The maximum atomic E-state index is 13.1. The number of aliphatic carboxylic acids is 1. The van der Waals surface area contributed by atoms with Crippen LogP contribution in [0.15, 0.2) is 47.5 Å². The normalized spacial score (nSPS) is 15.5. The fourth-order valence-electron chi connectivity index (χ4n) is 4.69. The lowest BCUT2D eigenvalue weighted by atomic mass is 9.96. The molecular weight excluding hydrogens is 426 g/mol. The van der Waals surface area contributed by atoms with Crippen LogP contribution in [-0.4, -0.2) is 46.4 Å². The molecule has 2 heterocycles. The SMILES string of the molecule is Cc1c(CC(=O)O)c2cccnc2n1Cc1ccc(S(=O)(=O)N(C)C2CCCCC2)cc1. The average molecular weight is 456 g/mol. The van der Waals surface area contributed by atoms with Gasteiger partial charge in [-0.05, 0) is 55.2 Å². The Hall–Kier alpha value is -2.71. The summed E-state index contributed by atoms with van der Waals surface area (Å²) >= 11 is 0. The van der Waals surface area contributed by atoms with Crippen LogP contribution in [0.1, 0.15) is 48.9 Å². The van der Waals surface area contributed by atoms with E-state index in [4.69, 9.17) is 0 Å². The van der Waals surface area contributed by atoms with E-state index in [0.717, 1.165) is 53.5 Å². The highest BCUT2D eigenvalue weighted by molar-refractivity contribution is 7.89. The van der Waals surface area contributed by atoms with E-state index >= 15 is 0 Å². The minimum absolute atomic E-state index is 0.0638. The third-order valence-electron chi connectivity index (χ3n) is 6.57. The average Bonchev–Trinajstić information content (AvgIpc) is 3.05. The molecule has 1 saturated carbocycles. The van der Waals surface area contributed by atoms with E-state index in [9.17, 15) is 18.3 Å².